The number of amides is 1. The van der Waals surface area contributed by atoms with Crippen molar-refractivity contribution in [3.63, 3.8) is 0 Å². The number of aromatic amines is 1. The molecule has 0 fully saturated rings. The predicted molar refractivity (Wildman–Crippen MR) is 113 cm³/mol. The summed E-state index contributed by atoms with van der Waals surface area (Å²) in [6.45, 7) is 2.87. The summed E-state index contributed by atoms with van der Waals surface area (Å²) in [7, 11) is 0. The molecule has 9 heteroatoms. The average Bonchev–Trinajstić information content (AvgIpc) is 2.64. The summed E-state index contributed by atoms with van der Waals surface area (Å²) in [6, 6.07) is 10.1. The van der Waals surface area contributed by atoms with Crippen LogP contribution in [0.25, 0.3) is 10.9 Å². The maximum Gasteiger partial charge on any atom is 0.258 e. The molecule has 3 aromatic rings. The molecule has 0 unspecified atom stereocenters. The molecule has 1 aromatic heterocycles. The van der Waals surface area contributed by atoms with Crippen LogP contribution in [0.15, 0.2) is 41.2 Å². The van der Waals surface area contributed by atoms with Gasteiger partial charge in [-0.2, -0.15) is 0 Å². The number of carbonyl (C=O) groups excluding carboxylic acids is 1. The SMILES string of the molecule is CCN(CC(=O)Nc1c(Cl)cc(Cl)cc1Cl)Cc1nc2ccccc2c(=O)[nH]1. The van der Waals surface area contributed by atoms with Crippen LogP contribution in [0.2, 0.25) is 15.1 Å². The van der Waals surface area contributed by atoms with E-state index in [-0.39, 0.29) is 28.1 Å². The van der Waals surface area contributed by atoms with Crippen LogP contribution in [-0.4, -0.2) is 33.9 Å². The Morgan fingerprint density at radius 2 is 1.86 bits per heavy atom. The molecule has 0 bridgehead atoms. The molecule has 146 valence electrons. The average molecular weight is 440 g/mol. The van der Waals surface area contributed by atoms with Gasteiger partial charge in [-0.3, -0.25) is 14.5 Å². The number of fused-ring (bicyclic) bond motifs is 1. The molecule has 1 heterocycles. The summed E-state index contributed by atoms with van der Waals surface area (Å²) in [5, 5.41) is 4.13. The third-order valence-electron chi connectivity index (χ3n) is 4.12. The number of aromatic nitrogens is 2. The molecule has 3 rings (SSSR count). The van der Waals surface area contributed by atoms with Crippen LogP contribution >= 0.6 is 34.8 Å². The highest BCUT2D eigenvalue weighted by Crippen LogP contribution is 2.33. The fourth-order valence-corrected chi connectivity index (χ4v) is 3.66. The van der Waals surface area contributed by atoms with E-state index < -0.39 is 0 Å². The van der Waals surface area contributed by atoms with Crippen LogP contribution in [0.4, 0.5) is 5.69 Å². The molecule has 0 saturated carbocycles. The Labute approximate surface area is 176 Å². The van der Waals surface area contributed by atoms with E-state index in [0.29, 0.717) is 40.5 Å². The van der Waals surface area contributed by atoms with Crippen LogP contribution in [0.1, 0.15) is 12.7 Å². The molecular weight excluding hydrogens is 423 g/mol. The lowest BCUT2D eigenvalue weighted by molar-refractivity contribution is -0.117. The van der Waals surface area contributed by atoms with E-state index in [1.165, 1.54) is 12.1 Å². The van der Waals surface area contributed by atoms with E-state index in [0.717, 1.165) is 0 Å². The second-order valence-corrected chi connectivity index (χ2v) is 7.38. The first kappa shape index (κ1) is 20.6. The number of hydrogen-bond acceptors (Lipinski definition) is 4. The number of nitrogens with one attached hydrogen (secondary N) is 2. The topological polar surface area (TPSA) is 78.1 Å². The van der Waals surface area contributed by atoms with E-state index in [1.807, 2.05) is 17.9 Å². The minimum Gasteiger partial charge on any atom is -0.322 e. The number of likely N-dealkylation sites (N-methyl/N-ethyl adjacent to an activating group) is 1. The Balaban J connectivity index is 1.72. The van der Waals surface area contributed by atoms with Gasteiger partial charge in [0.05, 0.1) is 39.7 Å². The lowest BCUT2D eigenvalue weighted by Crippen LogP contribution is -2.34. The molecule has 2 aromatic carbocycles. The van der Waals surface area contributed by atoms with Crippen LogP contribution < -0.4 is 10.9 Å². The molecule has 0 aliphatic heterocycles. The number of anilines is 1. The highest BCUT2D eigenvalue weighted by atomic mass is 35.5. The smallest absolute Gasteiger partial charge is 0.258 e. The molecule has 0 atom stereocenters. The summed E-state index contributed by atoms with van der Waals surface area (Å²) in [6.07, 6.45) is 0. The standard InChI is InChI=1S/C19H17Cl3N4O2/c1-2-26(9-16-23-15-6-4-3-5-12(15)19(28)24-16)10-17(27)25-18-13(21)7-11(20)8-14(18)22/h3-8H,2,9-10H2,1H3,(H,25,27)(H,23,24,28). The van der Waals surface area contributed by atoms with Crippen molar-refractivity contribution in [2.24, 2.45) is 0 Å². The normalized spacial score (nSPS) is 11.2. The van der Waals surface area contributed by atoms with Crippen molar-refractivity contribution in [3.05, 3.63) is 67.6 Å². The Hall–Kier alpha value is -2.12. The van der Waals surface area contributed by atoms with Crippen molar-refractivity contribution >= 4 is 57.3 Å². The van der Waals surface area contributed by atoms with Gasteiger partial charge in [-0.15, -0.1) is 0 Å². The van der Waals surface area contributed by atoms with E-state index in [1.54, 1.807) is 18.2 Å². The number of halogens is 3. The quantitative estimate of drug-likeness (QED) is 0.599. The van der Waals surface area contributed by atoms with Crippen molar-refractivity contribution in [2.75, 3.05) is 18.4 Å². The van der Waals surface area contributed by atoms with Crippen molar-refractivity contribution in [3.8, 4) is 0 Å². The minimum atomic E-state index is -0.295. The van der Waals surface area contributed by atoms with Gasteiger partial charge in [0, 0.05) is 5.02 Å². The zero-order valence-corrected chi connectivity index (χ0v) is 17.2. The van der Waals surface area contributed by atoms with E-state index >= 15 is 0 Å². The molecule has 28 heavy (non-hydrogen) atoms. The van der Waals surface area contributed by atoms with Crippen molar-refractivity contribution < 1.29 is 4.79 Å². The molecule has 1 amide bonds. The van der Waals surface area contributed by atoms with Gasteiger partial charge >= 0.3 is 0 Å². The molecule has 2 N–H and O–H groups in total. The van der Waals surface area contributed by atoms with Gasteiger partial charge in [-0.05, 0) is 30.8 Å². The Morgan fingerprint density at radius 3 is 2.54 bits per heavy atom. The highest BCUT2D eigenvalue weighted by Gasteiger charge is 2.15. The van der Waals surface area contributed by atoms with Crippen LogP contribution in [0, 0.1) is 0 Å². The number of rotatable bonds is 6. The van der Waals surface area contributed by atoms with Crippen LogP contribution in [0.3, 0.4) is 0 Å². The third kappa shape index (κ3) is 4.83. The van der Waals surface area contributed by atoms with Crippen LogP contribution in [-0.2, 0) is 11.3 Å². The maximum atomic E-state index is 12.4. The summed E-state index contributed by atoms with van der Waals surface area (Å²) in [5.41, 5.74) is 0.716. The summed E-state index contributed by atoms with van der Waals surface area (Å²) >= 11 is 18.1. The Morgan fingerprint density at radius 1 is 1.18 bits per heavy atom. The molecule has 6 nitrogen and oxygen atoms in total. The third-order valence-corrected chi connectivity index (χ3v) is 4.94. The van der Waals surface area contributed by atoms with Crippen molar-refractivity contribution in [2.45, 2.75) is 13.5 Å². The minimum absolute atomic E-state index is 0.0717. The number of benzene rings is 2. The van der Waals surface area contributed by atoms with Gasteiger partial charge in [0.15, 0.2) is 0 Å². The Kier molecular flexibility index (Phi) is 6.57. The zero-order chi connectivity index (χ0) is 20.3. The molecular formula is C19H17Cl3N4O2. The number of H-pyrrole nitrogens is 1. The first-order valence-corrected chi connectivity index (χ1v) is 9.65. The first-order valence-electron chi connectivity index (χ1n) is 8.52. The molecule has 0 aliphatic rings. The molecule has 0 aliphatic carbocycles. The maximum absolute atomic E-state index is 12.4. The molecule has 0 saturated heterocycles. The number of hydrogen-bond donors (Lipinski definition) is 2. The van der Waals surface area contributed by atoms with E-state index in [2.05, 4.69) is 15.3 Å². The van der Waals surface area contributed by atoms with Gasteiger partial charge in [-0.25, -0.2) is 4.98 Å². The van der Waals surface area contributed by atoms with Crippen molar-refractivity contribution in [1.29, 1.82) is 0 Å². The molecule has 0 spiro atoms. The van der Waals surface area contributed by atoms with Crippen molar-refractivity contribution in [1.82, 2.24) is 14.9 Å². The van der Waals surface area contributed by atoms with Gasteiger partial charge in [0.25, 0.3) is 5.56 Å². The van der Waals surface area contributed by atoms with Gasteiger partial charge in [0.1, 0.15) is 5.82 Å². The largest absolute Gasteiger partial charge is 0.322 e. The van der Waals surface area contributed by atoms with E-state index in [9.17, 15) is 9.59 Å². The second kappa shape index (κ2) is 8.92. The monoisotopic (exact) mass is 438 g/mol. The summed E-state index contributed by atoms with van der Waals surface area (Å²) in [4.78, 5) is 33.7. The fraction of sp³-hybridized carbons (Fsp3) is 0.211. The summed E-state index contributed by atoms with van der Waals surface area (Å²) in [5.74, 6) is 0.192. The zero-order valence-electron chi connectivity index (χ0n) is 14.9. The number of para-hydroxylation sites is 1. The van der Waals surface area contributed by atoms with E-state index in [4.69, 9.17) is 34.8 Å². The number of carbonyl (C=O) groups is 1. The number of nitrogens with zero attached hydrogens (tertiary/aromatic N) is 2. The van der Waals surface area contributed by atoms with Crippen LogP contribution in [0.5, 0.6) is 0 Å². The summed E-state index contributed by atoms with van der Waals surface area (Å²) < 4.78 is 0. The predicted octanol–water partition coefficient (Wildman–Crippen LogP) is 4.34. The first-order chi connectivity index (χ1) is 13.4. The lowest BCUT2D eigenvalue weighted by atomic mass is 10.2. The molecule has 0 radical (unpaired) electrons. The highest BCUT2D eigenvalue weighted by molar-refractivity contribution is 6.42. The fourth-order valence-electron chi connectivity index (χ4n) is 2.74. The Bertz CT molecular complexity index is 1060. The van der Waals surface area contributed by atoms with Gasteiger partial charge in [-0.1, -0.05) is 53.9 Å². The lowest BCUT2D eigenvalue weighted by Gasteiger charge is -2.20. The van der Waals surface area contributed by atoms with Gasteiger partial charge < -0.3 is 10.3 Å². The van der Waals surface area contributed by atoms with Gasteiger partial charge in [0.2, 0.25) is 5.91 Å². The second-order valence-electron chi connectivity index (χ2n) is 6.13.